The van der Waals surface area contributed by atoms with E-state index in [0.29, 0.717) is 0 Å². The SMILES string of the molecule is C=CCN1C=CC=C[C]=N1. The molecule has 0 aromatic carbocycles. The van der Waals surface area contributed by atoms with Crippen molar-refractivity contribution in [1.82, 2.24) is 5.01 Å². The summed E-state index contributed by atoms with van der Waals surface area (Å²) in [7, 11) is 0. The monoisotopic (exact) mass is 133 g/mol. The van der Waals surface area contributed by atoms with Crippen LogP contribution in [0.15, 0.2) is 42.2 Å². The minimum atomic E-state index is 0.727. The van der Waals surface area contributed by atoms with Crippen molar-refractivity contribution in [3.05, 3.63) is 37.1 Å². The Morgan fingerprint density at radius 1 is 1.60 bits per heavy atom. The second kappa shape index (κ2) is 3.67. The fourth-order valence-electron chi connectivity index (χ4n) is 0.622. The smallest absolute Gasteiger partial charge is 0.111 e. The van der Waals surface area contributed by atoms with Gasteiger partial charge in [0, 0.05) is 6.20 Å². The molecule has 0 amide bonds. The number of nitrogens with zero attached hydrogens (tertiary/aromatic N) is 2. The maximum Gasteiger partial charge on any atom is 0.111 e. The van der Waals surface area contributed by atoms with Crippen LogP contribution < -0.4 is 0 Å². The molecule has 0 spiro atoms. The van der Waals surface area contributed by atoms with Crippen LogP contribution in [0.2, 0.25) is 0 Å². The summed E-state index contributed by atoms with van der Waals surface area (Å²) in [5, 5.41) is 5.71. The molecule has 1 heterocycles. The van der Waals surface area contributed by atoms with Crippen molar-refractivity contribution in [3.8, 4) is 0 Å². The second-order valence-electron chi connectivity index (χ2n) is 1.84. The predicted molar refractivity (Wildman–Crippen MR) is 42.6 cm³/mol. The van der Waals surface area contributed by atoms with Gasteiger partial charge in [0.05, 0.1) is 6.54 Å². The molecule has 0 fully saturated rings. The van der Waals surface area contributed by atoms with Crippen molar-refractivity contribution in [2.75, 3.05) is 6.54 Å². The predicted octanol–water partition coefficient (Wildman–Crippen LogP) is 1.42. The molecule has 2 nitrogen and oxygen atoms in total. The molecule has 1 aliphatic rings. The Hall–Kier alpha value is -1.31. The third kappa shape index (κ3) is 1.90. The Balaban J connectivity index is 2.54. The number of allylic oxidation sites excluding steroid dienone is 3. The van der Waals surface area contributed by atoms with Crippen LogP contribution in [0, 0.1) is 0 Å². The van der Waals surface area contributed by atoms with Gasteiger partial charge in [-0.2, -0.15) is 5.10 Å². The lowest BCUT2D eigenvalue weighted by Gasteiger charge is -2.08. The molecule has 0 aromatic heterocycles. The molecule has 0 N–H and O–H groups in total. The molecule has 0 bridgehead atoms. The highest BCUT2D eigenvalue weighted by Crippen LogP contribution is 1.94. The summed E-state index contributed by atoms with van der Waals surface area (Å²) >= 11 is 0. The lowest BCUT2D eigenvalue weighted by Crippen LogP contribution is -2.08. The summed E-state index contributed by atoms with van der Waals surface area (Å²) < 4.78 is 0. The molecule has 0 saturated heterocycles. The van der Waals surface area contributed by atoms with Crippen molar-refractivity contribution < 1.29 is 0 Å². The molecule has 0 atom stereocenters. The average Bonchev–Trinajstić information content (AvgIpc) is 2.17. The zero-order valence-electron chi connectivity index (χ0n) is 5.70. The van der Waals surface area contributed by atoms with Gasteiger partial charge >= 0.3 is 0 Å². The Morgan fingerprint density at radius 3 is 3.30 bits per heavy atom. The van der Waals surface area contributed by atoms with Crippen LogP contribution in [-0.2, 0) is 0 Å². The standard InChI is InChI=1S/C8H9N2/c1-2-7-10-8-5-3-4-6-9-10/h2-5,8H,1,7H2. The van der Waals surface area contributed by atoms with Crippen molar-refractivity contribution in [2.45, 2.75) is 0 Å². The fourth-order valence-corrected chi connectivity index (χ4v) is 0.622. The maximum absolute atomic E-state index is 3.95. The molecule has 1 radical (unpaired) electrons. The molecule has 0 aliphatic carbocycles. The topological polar surface area (TPSA) is 15.6 Å². The molecule has 1 aliphatic heterocycles. The summed E-state index contributed by atoms with van der Waals surface area (Å²) in [6, 6.07) is 0. The van der Waals surface area contributed by atoms with Crippen LogP contribution in [0.3, 0.4) is 0 Å². The largest absolute Gasteiger partial charge is 0.268 e. The minimum Gasteiger partial charge on any atom is -0.268 e. The van der Waals surface area contributed by atoms with Gasteiger partial charge in [-0.15, -0.1) is 6.58 Å². The first kappa shape index (κ1) is 6.81. The normalized spacial score (nSPS) is 15.4. The molecule has 51 valence electrons. The van der Waals surface area contributed by atoms with Gasteiger partial charge in [-0.25, -0.2) is 0 Å². The summed E-state index contributed by atoms with van der Waals surface area (Å²) in [5.41, 5.74) is 0. The van der Waals surface area contributed by atoms with E-state index < -0.39 is 0 Å². The lowest BCUT2D eigenvalue weighted by atomic mass is 10.5. The first-order valence-corrected chi connectivity index (χ1v) is 3.10. The molecule has 0 saturated carbocycles. The summed E-state index contributed by atoms with van der Waals surface area (Å²) in [6.07, 6.45) is 12.0. The first-order valence-electron chi connectivity index (χ1n) is 3.10. The zero-order chi connectivity index (χ0) is 7.23. The van der Waals surface area contributed by atoms with Gasteiger partial charge in [0.25, 0.3) is 0 Å². The second-order valence-corrected chi connectivity index (χ2v) is 1.84. The van der Waals surface area contributed by atoms with Crippen LogP contribution in [0.4, 0.5) is 0 Å². The molecular weight excluding hydrogens is 124 g/mol. The molecule has 2 heteroatoms. The maximum atomic E-state index is 3.95. The van der Waals surface area contributed by atoms with Gasteiger partial charge in [-0.3, -0.25) is 5.01 Å². The van der Waals surface area contributed by atoms with Crippen molar-refractivity contribution in [2.24, 2.45) is 5.10 Å². The van der Waals surface area contributed by atoms with E-state index in [9.17, 15) is 0 Å². The van der Waals surface area contributed by atoms with E-state index in [1.54, 1.807) is 17.2 Å². The number of hydrogen-bond donors (Lipinski definition) is 0. The van der Waals surface area contributed by atoms with E-state index in [-0.39, 0.29) is 0 Å². The third-order valence-corrected chi connectivity index (χ3v) is 1.04. The molecular formula is C8H9N2. The molecule has 0 aromatic rings. The highest BCUT2D eigenvalue weighted by Gasteiger charge is 1.89. The lowest BCUT2D eigenvalue weighted by molar-refractivity contribution is 0.448. The van der Waals surface area contributed by atoms with Gasteiger partial charge in [0.1, 0.15) is 6.21 Å². The van der Waals surface area contributed by atoms with Crippen LogP contribution in [0.25, 0.3) is 0 Å². The van der Waals surface area contributed by atoms with E-state index >= 15 is 0 Å². The Labute approximate surface area is 60.8 Å². The van der Waals surface area contributed by atoms with E-state index in [4.69, 9.17) is 0 Å². The van der Waals surface area contributed by atoms with E-state index in [1.165, 1.54) is 0 Å². The number of rotatable bonds is 2. The number of hydrazone groups is 1. The quantitative estimate of drug-likeness (QED) is 0.520. The van der Waals surface area contributed by atoms with Crippen molar-refractivity contribution in [1.29, 1.82) is 0 Å². The van der Waals surface area contributed by atoms with Gasteiger partial charge in [0.2, 0.25) is 0 Å². The van der Waals surface area contributed by atoms with E-state index in [0.717, 1.165) is 6.54 Å². The summed E-state index contributed by atoms with van der Waals surface area (Å²) in [5.74, 6) is 0. The van der Waals surface area contributed by atoms with Crippen LogP contribution >= 0.6 is 0 Å². The molecule has 0 unspecified atom stereocenters. The molecule has 1 rings (SSSR count). The number of hydrogen-bond acceptors (Lipinski definition) is 2. The van der Waals surface area contributed by atoms with Crippen LogP contribution in [-0.4, -0.2) is 17.8 Å². The van der Waals surface area contributed by atoms with Gasteiger partial charge in [-0.1, -0.05) is 12.2 Å². The average molecular weight is 133 g/mol. The molecule has 10 heavy (non-hydrogen) atoms. The Kier molecular flexibility index (Phi) is 2.49. The van der Waals surface area contributed by atoms with Gasteiger partial charge in [0.15, 0.2) is 0 Å². The van der Waals surface area contributed by atoms with Crippen LogP contribution in [0.1, 0.15) is 0 Å². The van der Waals surface area contributed by atoms with Gasteiger partial charge in [-0.05, 0) is 12.2 Å². The van der Waals surface area contributed by atoms with Crippen molar-refractivity contribution in [3.63, 3.8) is 0 Å². The first-order chi connectivity index (χ1) is 4.93. The summed E-state index contributed by atoms with van der Waals surface area (Å²) in [4.78, 5) is 0. The third-order valence-electron chi connectivity index (χ3n) is 1.04. The Bertz CT molecular complexity index is 173. The summed E-state index contributed by atoms with van der Waals surface area (Å²) in [6.45, 7) is 4.33. The van der Waals surface area contributed by atoms with Crippen molar-refractivity contribution >= 4 is 6.21 Å². The fraction of sp³-hybridized carbons (Fsp3) is 0.125. The van der Waals surface area contributed by atoms with Crippen LogP contribution in [0.5, 0.6) is 0 Å². The van der Waals surface area contributed by atoms with E-state index in [1.807, 2.05) is 18.4 Å². The van der Waals surface area contributed by atoms with Gasteiger partial charge < -0.3 is 0 Å². The van der Waals surface area contributed by atoms with E-state index in [2.05, 4.69) is 17.9 Å². The zero-order valence-corrected chi connectivity index (χ0v) is 5.70. The minimum absolute atomic E-state index is 0.727. The highest BCUT2D eigenvalue weighted by atomic mass is 15.4. The highest BCUT2D eigenvalue weighted by molar-refractivity contribution is 5.71. The Morgan fingerprint density at radius 2 is 2.50 bits per heavy atom.